The van der Waals surface area contributed by atoms with Crippen LogP contribution in [0.4, 0.5) is 0 Å². The standard InChI is InChI=1S/C21H26N2O10/c1-9-3-2-4-11-10(5-14(25)22-12(21(31)32)6-15(26)27)7-23(16(9)11)20-19(30)18(29)17(28)13(8-24)33-20/h2-4,7,12-13,17-20,24,28-30H,5-6,8H2,1H3,(H,22,25)(H,26,27)(H,31,32)/t12-,13-,17-,18+,19-,20-/m1/s1. The first-order chi connectivity index (χ1) is 15.5. The Labute approximate surface area is 187 Å². The van der Waals surface area contributed by atoms with E-state index in [-0.39, 0.29) is 6.42 Å². The van der Waals surface area contributed by atoms with Crippen molar-refractivity contribution in [3.05, 3.63) is 35.5 Å². The first kappa shape index (κ1) is 24.6. The number of aliphatic carboxylic acids is 2. The molecule has 0 bridgehead atoms. The van der Waals surface area contributed by atoms with Crippen molar-refractivity contribution in [1.29, 1.82) is 0 Å². The van der Waals surface area contributed by atoms with Gasteiger partial charge < -0.3 is 45.3 Å². The number of carbonyl (C=O) groups is 3. The Bertz CT molecular complexity index is 1050. The van der Waals surface area contributed by atoms with Crippen molar-refractivity contribution in [3.63, 3.8) is 0 Å². The molecule has 1 amide bonds. The number of aliphatic hydroxyl groups excluding tert-OH is 4. The number of carboxylic acids is 2. The predicted octanol–water partition coefficient (Wildman–Crippen LogP) is -1.49. The number of fused-ring (bicyclic) bond motifs is 1. The van der Waals surface area contributed by atoms with Gasteiger partial charge >= 0.3 is 11.9 Å². The Kier molecular flexibility index (Phi) is 7.34. The molecule has 7 N–H and O–H groups in total. The molecule has 2 heterocycles. The second-order valence-corrected chi connectivity index (χ2v) is 7.99. The van der Waals surface area contributed by atoms with Gasteiger partial charge in [0.15, 0.2) is 6.23 Å². The number of benzene rings is 1. The Morgan fingerprint density at radius 2 is 1.82 bits per heavy atom. The molecular weight excluding hydrogens is 440 g/mol. The quantitative estimate of drug-likeness (QED) is 0.240. The first-order valence-corrected chi connectivity index (χ1v) is 10.2. The third-order valence-electron chi connectivity index (χ3n) is 5.64. The minimum absolute atomic E-state index is 0.298. The lowest BCUT2D eigenvalue weighted by molar-refractivity contribution is -0.250. The number of nitrogens with one attached hydrogen (secondary N) is 1. The maximum absolute atomic E-state index is 12.5. The van der Waals surface area contributed by atoms with Crippen LogP contribution in [0, 0.1) is 6.92 Å². The molecule has 1 aromatic heterocycles. The summed E-state index contributed by atoms with van der Waals surface area (Å²) in [4.78, 5) is 34.6. The molecule has 0 spiro atoms. The molecule has 1 aliphatic rings. The maximum atomic E-state index is 12.5. The zero-order valence-electron chi connectivity index (χ0n) is 17.7. The van der Waals surface area contributed by atoms with Crippen molar-refractivity contribution in [2.75, 3.05) is 6.61 Å². The Balaban J connectivity index is 1.96. The van der Waals surface area contributed by atoms with Crippen molar-refractivity contribution in [3.8, 4) is 0 Å². The molecule has 0 saturated carbocycles. The lowest BCUT2D eigenvalue weighted by atomic mass is 9.98. The minimum Gasteiger partial charge on any atom is -0.481 e. The second kappa shape index (κ2) is 9.85. The fraction of sp³-hybridized carbons (Fsp3) is 0.476. The highest BCUT2D eigenvalue weighted by Gasteiger charge is 2.44. The topological polar surface area (TPSA) is 199 Å². The van der Waals surface area contributed by atoms with Crippen LogP contribution in [0.15, 0.2) is 24.4 Å². The molecule has 12 nitrogen and oxygen atoms in total. The van der Waals surface area contributed by atoms with Crippen molar-refractivity contribution in [2.24, 2.45) is 0 Å². The summed E-state index contributed by atoms with van der Waals surface area (Å²) in [6, 6.07) is 3.62. The molecule has 2 aromatic rings. The average molecular weight is 466 g/mol. The molecule has 1 aromatic carbocycles. The van der Waals surface area contributed by atoms with Crippen LogP contribution < -0.4 is 5.32 Å². The van der Waals surface area contributed by atoms with E-state index in [1.54, 1.807) is 25.1 Å². The first-order valence-electron chi connectivity index (χ1n) is 10.2. The number of carbonyl (C=O) groups excluding carboxylic acids is 1. The molecule has 0 unspecified atom stereocenters. The van der Waals surface area contributed by atoms with Gasteiger partial charge in [-0.1, -0.05) is 18.2 Å². The van der Waals surface area contributed by atoms with Crippen LogP contribution in [0.2, 0.25) is 0 Å². The number of ether oxygens (including phenoxy) is 1. The highest BCUT2D eigenvalue weighted by Crippen LogP contribution is 2.34. The molecule has 180 valence electrons. The number of amides is 1. The van der Waals surface area contributed by atoms with Crippen LogP contribution in [-0.2, 0) is 25.5 Å². The van der Waals surface area contributed by atoms with E-state index in [9.17, 15) is 34.8 Å². The number of aliphatic hydroxyl groups is 4. The van der Waals surface area contributed by atoms with Crippen LogP contribution in [0.5, 0.6) is 0 Å². The van der Waals surface area contributed by atoms with E-state index in [2.05, 4.69) is 5.32 Å². The van der Waals surface area contributed by atoms with E-state index in [0.29, 0.717) is 16.5 Å². The van der Waals surface area contributed by atoms with Gasteiger partial charge in [-0.05, 0) is 18.1 Å². The highest BCUT2D eigenvalue weighted by molar-refractivity contribution is 5.93. The Morgan fingerprint density at radius 3 is 2.42 bits per heavy atom. The lowest BCUT2D eigenvalue weighted by Crippen LogP contribution is -2.56. The van der Waals surface area contributed by atoms with E-state index in [1.165, 1.54) is 10.8 Å². The van der Waals surface area contributed by atoms with Gasteiger partial charge in [-0.25, -0.2) is 4.79 Å². The van der Waals surface area contributed by atoms with Gasteiger partial charge in [-0.15, -0.1) is 0 Å². The van der Waals surface area contributed by atoms with E-state index in [4.69, 9.17) is 14.9 Å². The number of nitrogens with zero attached hydrogens (tertiary/aromatic N) is 1. The third kappa shape index (κ3) is 4.99. The molecular formula is C21H26N2O10. The van der Waals surface area contributed by atoms with E-state index < -0.39 is 67.6 Å². The van der Waals surface area contributed by atoms with Crippen LogP contribution in [-0.4, -0.2) is 90.1 Å². The molecule has 0 radical (unpaired) electrons. The SMILES string of the molecule is Cc1cccc2c(CC(=O)N[C@H](CC(=O)O)C(=O)O)cn([C@@H]3O[C@H](CO)[C@@H](O)[C@H](O)[C@H]3O)c12. The summed E-state index contributed by atoms with van der Waals surface area (Å²) in [5.74, 6) is -3.58. The van der Waals surface area contributed by atoms with Crippen molar-refractivity contribution in [1.82, 2.24) is 9.88 Å². The Morgan fingerprint density at radius 1 is 1.12 bits per heavy atom. The van der Waals surface area contributed by atoms with Crippen LogP contribution in [0.3, 0.4) is 0 Å². The maximum Gasteiger partial charge on any atom is 0.326 e. The number of hydrogen-bond donors (Lipinski definition) is 7. The second-order valence-electron chi connectivity index (χ2n) is 7.99. The molecule has 1 fully saturated rings. The molecule has 6 atom stereocenters. The van der Waals surface area contributed by atoms with Gasteiger partial charge in [0, 0.05) is 11.6 Å². The van der Waals surface area contributed by atoms with Crippen molar-refractivity contribution in [2.45, 2.75) is 56.5 Å². The zero-order valence-corrected chi connectivity index (χ0v) is 17.7. The number of rotatable bonds is 8. The lowest BCUT2D eigenvalue weighted by Gasteiger charge is -2.40. The molecule has 0 aliphatic carbocycles. The van der Waals surface area contributed by atoms with Crippen LogP contribution in [0.1, 0.15) is 23.8 Å². The van der Waals surface area contributed by atoms with E-state index in [0.717, 1.165) is 5.56 Å². The van der Waals surface area contributed by atoms with Crippen molar-refractivity contribution < 1.29 is 49.8 Å². The summed E-state index contributed by atoms with van der Waals surface area (Å²) in [5, 5.41) is 61.0. The number of aromatic nitrogens is 1. The van der Waals surface area contributed by atoms with Gasteiger partial charge in [0.2, 0.25) is 5.91 Å². The number of para-hydroxylation sites is 1. The molecule has 3 rings (SSSR count). The van der Waals surface area contributed by atoms with E-state index >= 15 is 0 Å². The monoisotopic (exact) mass is 466 g/mol. The Hall–Kier alpha value is -3.03. The fourth-order valence-electron chi connectivity index (χ4n) is 4.01. The number of aryl methyl sites for hydroxylation is 1. The zero-order chi connectivity index (χ0) is 24.4. The number of hydrogen-bond acceptors (Lipinski definition) is 8. The van der Waals surface area contributed by atoms with Gasteiger partial charge in [0.1, 0.15) is 30.5 Å². The third-order valence-corrected chi connectivity index (χ3v) is 5.64. The largest absolute Gasteiger partial charge is 0.481 e. The average Bonchev–Trinajstić information content (AvgIpc) is 3.10. The summed E-state index contributed by atoms with van der Waals surface area (Å²) in [7, 11) is 0. The number of carboxylic acid groups (broad SMARTS) is 2. The van der Waals surface area contributed by atoms with Crippen LogP contribution >= 0.6 is 0 Å². The minimum atomic E-state index is -1.60. The van der Waals surface area contributed by atoms with Gasteiger partial charge in [0.25, 0.3) is 0 Å². The summed E-state index contributed by atoms with van der Waals surface area (Å²) in [6.07, 6.45) is -6.59. The van der Waals surface area contributed by atoms with Gasteiger partial charge in [0.05, 0.1) is 25.0 Å². The smallest absolute Gasteiger partial charge is 0.326 e. The molecule has 1 saturated heterocycles. The summed E-state index contributed by atoms with van der Waals surface area (Å²) in [6.45, 7) is 1.18. The van der Waals surface area contributed by atoms with Crippen molar-refractivity contribution >= 4 is 28.7 Å². The summed E-state index contributed by atoms with van der Waals surface area (Å²) >= 11 is 0. The summed E-state index contributed by atoms with van der Waals surface area (Å²) < 4.78 is 7.13. The normalized spacial score (nSPS) is 26.2. The molecule has 1 aliphatic heterocycles. The van der Waals surface area contributed by atoms with Crippen LogP contribution in [0.25, 0.3) is 10.9 Å². The fourth-order valence-corrected chi connectivity index (χ4v) is 4.01. The van der Waals surface area contributed by atoms with E-state index in [1.807, 2.05) is 0 Å². The van der Waals surface area contributed by atoms with Gasteiger partial charge in [-0.2, -0.15) is 0 Å². The predicted molar refractivity (Wildman–Crippen MR) is 111 cm³/mol. The molecule has 33 heavy (non-hydrogen) atoms. The highest BCUT2D eigenvalue weighted by atomic mass is 16.6. The summed E-state index contributed by atoms with van der Waals surface area (Å²) in [5.41, 5.74) is 1.73. The van der Waals surface area contributed by atoms with Gasteiger partial charge in [-0.3, -0.25) is 9.59 Å². The molecule has 12 heteroatoms.